The van der Waals surface area contributed by atoms with E-state index in [1.54, 1.807) is 18.2 Å². The number of ether oxygens (including phenoxy) is 2. The van der Waals surface area contributed by atoms with Crippen LogP contribution in [0, 0.1) is 0 Å². The van der Waals surface area contributed by atoms with Gasteiger partial charge in [0.05, 0.1) is 12.7 Å². The Kier molecular flexibility index (Phi) is 3.49. The molecule has 0 saturated heterocycles. The molecule has 3 nitrogen and oxygen atoms in total. The van der Waals surface area contributed by atoms with Gasteiger partial charge in [-0.15, -0.1) is 0 Å². The number of carbonyl (C=O) groups is 1. The van der Waals surface area contributed by atoms with Gasteiger partial charge in [-0.3, -0.25) is 0 Å². The van der Waals surface area contributed by atoms with Crippen molar-refractivity contribution in [1.82, 2.24) is 0 Å². The van der Waals surface area contributed by atoms with Gasteiger partial charge in [0.15, 0.2) is 0 Å². The van der Waals surface area contributed by atoms with Crippen LogP contribution in [0.5, 0.6) is 5.75 Å². The molecular formula is C13H11ClO3. The van der Waals surface area contributed by atoms with Crippen molar-refractivity contribution in [3.05, 3.63) is 46.5 Å². The highest BCUT2D eigenvalue weighted by atomic mass is 35.5. The van der Waals surface area contributed by atoms with Gasteiger partial charge in [0.2, 0.25) is 0 Å². The van der Waals surface area contributed by atoms with Gasteiger partial charge in [0.1, 0.15) is 12.4 Å². The summed E-state index contributed by atoms with van der Waals surface area (Å²) in [6, 6.07) is 5.16. The fourth-order valence-electron chi connectivity index (χ4n) is 1.53. The Hall–Kier alpha value is -1.74. The van der Waals surface area contributed by atoms with Gasteiger partial charge in [-0.2, -0.15) is 0 Å². The van der Waals surface area contributed by atoms with E-state index >= 15 is 0 Å². The third kappa shape index (κ3) is 2.50. The van der Waals surface area contributed by atoms with Crippen molar-refractivity contribution >= 4 is 23.6 Å². The molecule has 1 aliphatic rings. The normalized spacial score (nSPS) is 16.0. The Balaban J connectivity index is 2.38. The van der Waals surface area contributed by atoms with Crippen molar-refractivity contribution in [2.75, 3.05) is 13.7 Å². The summed E-state index contributed by atoms with van der Waals surface area (Å²) in [7, 11) is 1.36. The highest BCUT2D eigenvalue weighted by molar-refractivity contribution is 6.25. The predicted molar refractivity (Wildman–Crippen MR) is 66.2 cm³/mol. The lowest BCUT2D eigenvalue weighted by Gasteiger charge is -2.07. The first-order valence-electron chi connectivity index (χ1n) is 5.07. The maximum atomic E-state index is 11.4. The summed E-state index contributed by atoms with van der Waals surface area (Å²) in [4.78, 5) is 11.4. The van der Waals surface area contributed by atoms with Crippen LogP contribution in [0.3, 0.4) is 0 Å². The van der Waals surface area contributed by atoms with Crippen LogP contribution in [0.1, 0.15) is 15.9 Å². The van der Waals surface area contributed by atoms with Crippen LogP contribution in [0.25, 0.3) is 6.08 Å². The average Bonchev–Trinajstić information content (AvgIpc) is 2.59. The zero-order chi connectivity index (χ0) is 12.3. The van der Waals surface area contributed by atoms with Crippen LogP contribution >= 0.6 is 11.6 Å². The highest BCUT2D eigenvalue weighted by Gasteiger charge is 2.11. The number of fused-ring (bicyclic) bond motifs is 1. The number of methoxy groups -OCH3 is 1. The van der Waals surface area contributed by atoms with Crippen LogP contribution in [-0.2, 0) is 4.74 Å². The summed E-state index contributed by atoms with van der Waals surface area (Å²) >= 11 is 5.63. The van der Waals surface area contributed by atoms with E-state index in [0.717, 1.165) is 16.9 Å². The molecule has 0 N–H and O–H groups in total. The van der Waals surface area contributed by atoms with Crippen molar-refractivity contribution in [1.29, 1.82) is 0 Å². The highest BCUT2D eigenvalue weighted by Crippen LogP contribution is 2.26. The molecule has 1 aliphatic heterocycles. The quantitative estimate of drug-likeness (QED) is 0.719. The van der Waals surface area contributed by atoms with Crippen molar-refractivity contribution < 1.29 is 14.3 Å². The van der Waals surface area contributed by atoms with Crippen molar-refractivity contribution in [3.63, 3.8) is 0 Å². The van der Waals surface area contributed by atoms with Crippen molar-refractivity contribution in [3.8, 4) is 5.75 Å². The fraction of sp³-hybridized carbons (Fsp3) is 0.154. The van der Waals surface area contributed by atoms with E-state index in [2.05, 4.69) is 4.74 Å². The fourth-order valence-corrected chi connectivity index (χ4v) is 1.66. The molecule has 1 aromatic rings. The molecule has 17 heavy (non-hydrogen) atoms. The van der Waals surface area contributed by atoms with E-state index < -0.39 is 0 Å². The second-order valence-corrected chi connectivity index (χ2v) is 3.77. The lowest BCUT2D eigenvalue weighted by Crippen LogP contribution is -2.02. The lowest BCUT2D eigenvalue weighted by atomic mass is 10.1. The number of hydrogen-bond acceptors (Lipinski definition) is 3. The SMILES string of the molecule is COC(=O)c1ccc2c(c1)C=C/C(=C\Cl)CO2. The number of halogens is 1. The second kappa shape index (κ2) is 5.06. The van der Waals surface area contributed by atoms with Gasteiger partial charge in [0, 0.05) is 16.7 Å². The zero-order valence-electron chi connectivity index (χ0n) is 9.27. The number of esters is 1. The van der Waals surface area contributed by atoms with Gasteiger partial charge in [-0.05, 0) is 18.2 Å². The van der Waals surface area contributed by atoms with Crippen LogP contribution in [0.2, 0.25) is 0 Å². The molecule has 0 unspecified atom stereocenters. The third-order valence-corrected chi connectivity index (χ3v) is 2.72. The topological polar surface area (TPSA) is 35.5 Å². The molecular weight excluding hydrogens is 240 g/mol. The van der Waals surface area contributed by atoms with Gasteiger partial charge in [-0.1, -0.05) is 23.8 Å². The van der Waals surface area contributed by atoms with Crippen molar-refractivity contribution in [2.45, 2.75) is 0 Å². The van der Waals surface area contributed by atoms with E-state index in [9.17, 15) is 4.79 Å². The Morgan fingerprint density at radius 3 is 3.00 bits per heavy atom. The second-order valence-electron chi connectivity index (χ2n) is 3.55. The predicted octanol–water partition coefficient (Wildman–Crippen LogP) is 3.00. The summed E-state index contributed by atoms with van der Waals surface area (Å²) in [5.74, 6) is 0.362. The van der Waals surface area contributed by atoms with Gasteiger partial charge in [-0.25, -0.2) is 4.79 Å². The number of rotatable bonds is 1. The van der Waals surface area contributed by atoms with Crippen LogP contribution in [0.4, 0.5) is 0 Å². The Morgan fingerprint density at radius 2 is 2.29 bits per heavy atom. The van der Waals surface area contributed by atoms with E-state index in [1.165, 1.54) is 12.6 Å². The summed E-state index contributed by atoms with van der Waals surface area (Å²) < 4.78 is 10.2. The smallest absolute Gasteiger partial charge is 0.337 e. The summed E-state index contributed by atoms with van der Waals surface area (Å²) in [5, 5.41) is 0. The molecule has 0 amide bonds. The molecule has 1 heterocycles. The van der Waals surface area contributed by atoms with E-state index in [4.69, 9.17) is 16.3 Å². The van der Waals surface area contributed by atoms with E-state index in [-0.39, 0.29) is 5.97 Å². The molecule has 0 bridgehead atoms. The molecule has 0 aliphatic carbocycles. The first-order valence-corrected chi connectivity index (χ1v) is 5.50. The lowest BCUT2D eigenvalue weighted by molar-refractivity contribution is 0.0600. The Labute approximate surface area is 104 Å². The van der Waals surface area contributed by atoms with Gasteiger partial charge >= 0.3 is 5.97 Å². The average molecular weight is 251 g/mol. The molecule has 2 rings (SSSR count). The first-order chi connectivity index (χ1) is 8.24. The number of carbonyl (C=O) groups excluding carboxylic acids is 1. The number of benzene rings is 1. The van der Waals surface area contributed by atoms with E-state index in [0.29, 0.717) is 12.2 Å². The monoisotopic (exact) mass is 250 g/mol. The van der Waals surface area contributed by atoms with Gasteiger partial charge < -0.3 is 9.47 Å². The van der Waals surface area contributed by atoms with E-state index in [1.807, 2.05) is 12.2 Å². The molecule has 0 atom stereocenters. The molecule has 0 saturated carbocycles. The third-order valence-electron chi connectivity index (χ3n) is 2.44. The molecule has 0 spiro atoms. The Morgan fingerprint density at radius 1 is 1.47 bits per heavy atom. The first kappa shape index (κ1) is 11.7. The molecule has 0 radical (unpaired) electrons. The molecule has 0 aromatic heterocycles. The summed E-state index contributed by atoms with van der Waals surface area (Å²) in [5.41, 5.74) is 3.69. The van der Waals surface area contributed by atoms with Gasteiger partial charge in [0.25, 0.3) is 0 Å². The zero-order valence-corrected chi connectivity index (χ0v) is 10.0. The molecule has 1 aromatic carbocycles. The molecule has 4 heteroatoms. The van der Waals surface area contributed by atoms with Crippen LogP contribution in [0.15, 0.2) is 35.4 Å². The molecule has 88 valence electrons. The minimum atomic E-state index is -0.362. The molecule has 0 fully saturated rings. The number of hydrogen-bond donors (Lipinski definition) is 0. The minimum Gasteiger partial charge on any atom is -0.488 e. The minimum absolute atomic E-state index is 0.362. The van der Waals surface area contributed by atoms with Crippen LogP contribution < -0.4 is 4.74 Å². The maximum absolute atomic E-state index is 11.4. The largest absolute Gasteiger partial charge is 0.488 e. The van der Waals surface area contributed by atoms with Crippen LogP contribution in [-0.4, -0.2) is 19.7 Å². The summed E-state index contributed by atoms with van der Waals surface area (Å²) in [6.07, 6.45) is 3.73. The Bertz CT molecular complexity index is 503. The maximum Gasteiger partial charge on any atom is 0.337 e. The standard InChI is InChI=1S/C13H11ClO3/c1-16-13(15)11-4-5-12-10(6-11)3-2-9(7-14)8-17-12/h2-7H,8H2,1H3/b9-7+. The summed E-state index contributed by atoms with van der Waals surface area (Å²) in [6.45, 7) is 0.421. The van der Waals surface area contributed by atoms with Crippen molar-refractivity contribution in [2.24, 2.45) is 0 Å².